The summed E-state index contributed by atoms with van der Waals surface area (Å²) in [4.78, 5) is 46.1. The van der Waals surface area contributed by atoms with Crippen molar-refractivity contribution in [2.45, 2.75) is 37.0 Å². The average Bonchev–Trinajstić information content (AvgIpc) is 3.12. The van der Waals surface area contributed by atoms with Gasteiger partial charge in [-0.25, -0.2) is 0 Å². The van der Waals surface area contributed by atoms with Crippen LogP contribution in [0.2, 0.25) is 0 Å². The molecule has 1 unspecified atom stereocenters. The first-order valence-electron chi connectivity index (χ1n) is 10.3. The Morgan fingerprint density at radius 1 is 1.09 bits per heavy atom. The molecule has 1 aliphatic rings. The molecule has 0 saturated carbocycles. The molecule has 2 aromatic rings. The summed E-state index contributed by atoms with van der Waals surface area (Å²) in [5.41, 5.74) is 1.56. The fourth-order valence-corrected chi connectivity index (χ4v) is 4.29. The third kappa shape index (κ3) is 7.35. The summed E-state index contributed by atoms with van der Waals surface area (Å²) in [6, 6.07) is 14.1. The van der Waals surface area contributed by atoms with E-state index in [2.05, 4.69) is 0 Å². The SMILES string of the molecule is COc1cccc([C@H](COc2ccc(CC3SC(=O)CC3=O)cc2)OC(=O)CCC(=O)O)c1. The number of benzene rings is 2. The van der Waals surface area contributed by atoms with Gasteiger partial charge >= 0.3 is 11.9 Å². The van der Waals surface area contributed by atoms with Crippen molar-refractivity contribution in [2.75, 3.05) is 13.7 Å². The van der Waals surface area contributed by atoms with Crippen molar-refractivity contribution >= 4 is 34.6 Å². The quantitative estimate of drug-likeness (QED) is 0.388. The molecule has 0 aromatic heterocycles. The first-order chi connectivity index (χ1) is 15.8. The van der Waals surface area contributed by atoms with E-state index in [1.54, 1.807) is 36.4 Å². The molecule has 0 radical (unpaired) electrons. The Balaban J connectivity index is 1.64. The summed E-state index contributed by atoms with van der Waals surface area (Å²) < 4.78 is 16.5. The number of aliphatic carboxylic acids is 1. The molecule has 8 nitrogen and oxygen atoms in total. The smallest absolute Gasteiger partial charge is 0.307 e. The molecular weight excluding hydrogens is 448 g/mol. The van der Waals surface area contributed by atoms with E-state index in [-0.39, 0.29) is 42.0 Å². The van der Waals surface area contributed by atoms with Gasteiger partial charge in [0.2, 0.25) is 0 Å². The van der Waals surface area contributed by atoms with Crippen molar-refractivity contribution in [1.82, 2.24) is 0 Å². The number of esters is 1. The zero-order chi connectivity index (χ0) is 23.8. The van der Waals surface area contributed by atoms with Crippen LogP contribution in [0.25, 0.3) is 0 Å². The molecule has 0 spiro atoms. The van der Waals surface area contributed by atoms with Crippen molar-refractivity contribution in [3.63, 3.8) is 0 Å². The molecule has 1 aliphatic heterocycles. The summed E-state index contributed by atoms with van der Waals surface area (Å²) in [5.74, 6) is -0.645. The van der Waals surface area contributed by atoms with Crippen LogP contribution in [0, 0.1) is 0 Å². The number of hydrogen-bond donors (Lipinski definition) is 1. The maximum Gasteiger partial charge on any atom is 0.307 e. The van der Waals surface area contributed by atoms with Crippen LogP contribution in [0.3, 0.4) is 0 Å². The van der Waals surface area contributed by atoms with Crippen LogP contribution in [0.1, 0.15) is 36.5 Å². The van der Waals surface area contributed by atoms with Crippen LogP contribution in [0.15, 0.2) is 48.5 Å². The van der Waals surface area contributed by atoms with Gasteiger partial charge in [-0.1, -0.05) is 36.0 Å². The Kier molecular flexibility index (Phi) is 8.48. The van der Waals surface area contributed by atoms with Crippen LogP contribution < -0.4 is 9.47 Å². The number of Topliss-reactive ketones (excluding diaryl/α,β-unsaturated/α-hetero) is 1. The summed E-state index contributed by atoms with van der Waals surface area (Å²) in [6.45, 7) is 0.0107. The molecule has 3 rings (SSSR count). The molecule has 1 saturated heterocycles. The molecule has 9 heteroatoms. The summed E-state index contributed by atoms with van der Waals surface area (Å²) in [5, 5.41) is 8.36. The Morgan fingerprint density at radius 2 is 1.85 bits per heavy atom. The second-order valence-electron chi connectivity index (χ2n) is 7.43. The molecule has 1 N–H and O–H groups in total. The fourth-order valence-electron chi connectivity index (χ4n) is 3.25. The number of thioether (sulfide) groups is 1. The first-order valence-corrected chi connectivity index (χ1v) is 11.2. The predicted octanol–water partition coefficient (Wildman–Crippen LogP) is 3.37. The number of carbonyl (C=O) groups excluding carboxylic acids is 3. The number of ether oxygens (including phenoxy) is 3. The maximum absolute atomic E-state index is 12.1. The highest BCUT2D eigenvalue weighted by atomic mass is 32.2. The number of hydrogen-bond acceptors (Lipinski definition) is 8. The molecule has 0 amide bonds. The van der Waals surface area contributed by atoms with Gasteiger partial charge in [0, 0.05) is 0 Å². The molecule has 0 aliphatic carbocycles. The lowest BCUT2D eigenvalue weighted by atomic mass is 10.1. The summed E-state index contributed by atoms with van der Waals surface area (Å²) in [6.07, 6.45) is -0.861. The average molecular weight is 473 g/mol. The minimum Gasteiger partial charge on any atom is -0.497 e. The van der Waals surface area contributed by atoms with Crippen molar-refractivity contribution in [3.8, 4) is 11.5 Å². The van der Waals surface area contributed by atoms with Gasteiger partial charge in [-0.15, -0.1) is 0 Å². The number of carboxylic acids is 1. The highest BCUT2D eigenvalue weighted by molar-refractivity contribution is 8.15. The van der Waals surface area contributed by atoms with Crippen LogP contribution in [-0.2, 0) is 30.3 Å². The second-order valence-corrected chi connectivity index (χ2v) is 8.69. The molecular formula is C24H24O8S. The van der Waals surface area contributed by atoms with E-state index < -0.39 is 18.0 Å². The van der Waals surface area contributed by atoms with Gasteiger partial charge < -0.3 is 19.3 Å². The minimum absolute atomic E-state index is 0.00657. The molecule has 174 valence electrons. The predicted molar refractivity (Wildman–Crippen MR) is 120 cm³/mol. The third-order valence-corrected chi connectivity index (χ3v) is 6.10. The van der Waals surface area contributed by atoms with Gasteiger partial charge in [0.05, 0.1) is 31.6 Å². The standard InChI is InChI=1S/C24H24O8S/c1-30-18-4-2-3-16(12-18)20(32-23(28)10-9-22(26)27)14-31-17-7-5-15(6-8-17)11-21-19(25)13-24(29)33-21/h2-8,12,20-21H,9-11,13-14H2,1H3,(H,26,27)/t20-,21?/m0/s1. The van der Waals surface area contributed by atoms with Crippen LogP contribution in [0.5, 0.6) is 11.5 Å². The number of ketones is 1. The third-order valence-electron chi connectivity index (χ3n) is 4.98. The van der Waals surface area contributed by atoms with Crippen molar-refractivity contribution in [3.05, 3.63) is 59.7 Å². The lowest BCUT2D eigenvalue weighted by Gasteiger charge is -2.19. The Labute approximate surface area is 195 Å². The van der Waals surface area contributed by atoms with Crippen LogP contribution in [0.4, 0.5) is 0 Å². The van der Waals surface area contributed by atoms with E-state index in [1.165, 1.54) is 7.11 Å². The number of carbonyl (C=O) groups is 4. The number of methoxy groups -OCH3 is 1. The van der Waals surface area contributed by atoms with Gasteiger partial charge in [-0.05, 0) is 41.8 Å². The topological polar surface area (TPSA) is 116 Å². The molecule has 33 heavy (non-hydrogen) atoms. The Morgan fingerprint density at radius 3 is 2.48 bits per heavy atom. The van der Waals surface area contributed by atoms with Gasteiger partial charge in [0.15, 0.2) is 17.0 Å². The van der Waals surface area contributed by atoms with E-state index in [4.69, 9.17) is 19.3 Å². The van der Waals surface area contributed by atoms with Crippen molar-refractivity contribution in [1.29, 1.82) is 0 Å². The maximum atomic E-state index is 12.1. The van der Waals surface area contributed by atoms with E-state index in [1.807, 2.05) is 12.1 Å². The molecule has 1 heterocycles. The molecule has 2 aromatic carbocycles. The number of carboxylic acid groups (broad SMARTS) is 1. The molecule has 1 fully saturated rings. The summed E-state index contributed by atoms with van der Waals surface area (Å²) in [7, 11) is 1.53. The van der Waals surface area contributed by atoms with Crippen LogP contribution in [-0.4, -0.2) is 46.9 Å². The Hall–Kier alpha value is -3.33. The Bertz CT molecular complexity index is 1020. The van der Waals surface area contributed by atoms with Gasteiger partial charge in [0.1, 0.15) is 18.1 Å². The monoisotopic (exact) mass is 472 g/mol. The lowest BCUT2D eigenvalue weighted by Crippen LogP contribution is -2.19. The highest BCUT2D eigenvalue weighted by Gasteiger charge is 2.31. The van der Waals surface area contributed by atoms with Crippen molar-refractivity contribution in [2.24, 2.45) is 0 Å². The van der Waals surface area contributed by atoms with Gasteiger partial charge in [0.25, 0.3) is 0 Å². The largest absolute Gasteiger partial charge is 0.497 e. The van der Waals surface area contributed by atoms with Crippen molar-refractivity contribution < 1.29 is 38.5 Å². The number of rotatable bonds is 11. The van der Waals surface area contributed by atoms with E-state index in [0.29, 0.717) is 23.5 Å². The van der Waals surface area contributed by atoms with E-state index in [9.17, 15) is 19.2 Å². The van der Waals surface area contributed by atoms with Crippen LogP contribution >= 0.6 is 11.8 Å². The fraction of sp³-hybridized carbons (Fsp3) is 0.333. The van der Waals surface area contributed by atoms with E-state index in [0.717, 1.165) is 17.3 Å². The lowest BCUT2D eigenvalue weighted by molar-refractivity contribution is -0.153. The summed E-state index contributed by atoms with van der Waals surface area (Å²) >= 11 is 1.08. The van der Waals surface area contributed by atoms with E-state index >= 15 is 0 Å². The zero-order valence-electron chi connectivity index (χ0n) is 18.0. The molecule has 2 atom stereocenters. The highest BCUT2D eigenvalue weighted by Crippen LogP contribution is 2.29. The second kappa shape index (κ2) is 11.5. The first kappa shape index (κ1) is 24.3. The zero-order valence-corrected chi connectivity index (χ0v) is 18.8. The normalized spacial score (nSPS) is 16.3. The van der Waals surface area contributed by atoms with Gasteiger partial charge in [-0.3, -0.25) is 19.2 Å². The van der Waals surface area contributed by atoms with Gasteiger partial charge in [-0.2, -0.15) is 0 Å². The minimum atomic E-state index is -1.08. The molecule has 0 bridgehead atoms.